The minimum absolute atomic E-state index is 0.278. The van der Waals surface area contributed by atoms with E-state index in [4.69, 9.17) is 0 Å². The maximum atomic E-state index is 10.9. The Hall–Kier alpha value is 0.334. The number of hydrazine groups is 1. The summed E-state index contributed by atoms with van der Waals surface area (Å²) in [4.78, 5) is 14.9. The number of hydrogen-bond acceptors (Lipinski definition) is 6. The van der Waals surface area contributed by atoms with Gasteiger partial charge in [0.1, 0.15) is 0 Å². The first-order valence-corrected chi connectivity index (χ1v) is 19.9. The predicted molar refractivity (Wildman–Crippen MR) is 115 cm³/mol. The molecule has 0 spiro atoms. The second kappa shape index (κ2) is 13.6. The number of methoxy groups -OCH3 is 1. The van der Waals surface area contributed by atoms with Crippen molar-refractivity contribution < 1.29 is 14.5 Å². The molecule has 2 heterocycles. The molecule has 0 fully saturated rings. The van der Waals surface area contributed by atoms with Gasteiger partial charge in [0.25, 0.3) is 0 Å². The summed E-state index contributed by atoms with van der Waals surface area (Å²) in [6.45, 7) is 5.82. The molecule has 11 heteroatoms. The number of nitrogens with one attached hydrogen (secondary N) is 2. The van der Waals surface area contributed by atoms with Crippen LogP contribution in [0.4, 0.5) is 10.6 Å². The second-order valence-electron chi connectivity index (χ2n) is 3.47. The van der Waals surface area contributed by atoms with Gasteiger partial charge >= 0.3 is 71.0 Å². The number of carbonyl (C=O) groups is 1. The Bertz CT molecular complexity index is 616. The van der Waals surface area contributed by atoms with Crippen LogP contribution >= 0.6 is 59.9 Å². The second-order valence-corrected chi connectivity index (χ2v) is 38.8. The SMILES string of the molecule is CC.COC(=O)NNc1nnc(C)c2ncccc12.[I][V]([I])[I]. The van der Waals surface area contributed by atoms with Crippen LogP contribution in [0.15, 0.2) is 18.3 Å². The van der Waals surface area contributed by atoms with E-state index in [-0.39, 0.29) is 4.92 Å². The van der Waals surface area contributed by atoms with Crippen LogP contribution in [0.25, 0.3) is 10.9 Å². The molecule has 0 bridgehead atoms. The quantitative estimate of drug-likeness (QED) is 0.351. The molecule has 0 saturated carbocycles. The summed E-state index contributed by atoms with van der Waals surface area (Å²) < 4.78 is 4.43. The fourth-order valence-corrected chi connectivity index (χ4v) is 1.36. The molecular weight excluding hydrogens is 678 g/mol. The standard InChI is InChI=1S/C10H11N5O2.C2H6.3HI.V/c1-6-8-7(4-3-5-11-8)9(13-12-6)14-15-10(16)17-2;1-2;;;;/h3-5H,1-2H3,(H,13,14)(H,15,16);1-2H3;3*1H;/q;;;;;+3/p-3. The molecule has 2 aromatic heterocycles. The number of fused-ring (bicyclic) bond motifs is 1. The van der Waals surface area contributed by atoms with Gasteiger partial charge in [-0.25, -0.2) is 10.2 Å². The Kier molecular flexibility index (Phi) is 13.8. The molecule has 0 atom stereocenters. The van der Waals surface area contributed by atoms with Gasteiger partial charge in [-0.05, 0) is 19.1 Å². The molecule has 128 valence electrons. The molecule has 0 aliphatic rings. The van der Waals surface area contributed by atoms with Crippen molar-refractivity contribution in [1.82, 2.24) is 20.6 Å². The number of anilines is 1. The molecule has 7 nitrogen and oxygen atoms in total. The third-order valence-corrected chi connectivity index (χ3v) is 2.17. The van der Waals surface area contributed by atoms with Crippen LogP contribution in [0.5, 0.6) is 0 Å². The molecule has 2 rings (SSSR count). The van der Waals surface area contributed by atoms with Crippen molar-refractivity contribution in [2.75, 3.05) is 12.5 Å². The number of nitrogens with zero attached hydrogens (tertiary/aromatic N) is 3. The Morgan fingerprint density at radius 1 is 1.26 bits per heavy atom. The number of ether oxygens (including phenoxy) is 1. The van der Waals surface area contributed by atoms with Crippen molar-refractivity contribution in [3.63, 3.8) is 0 Å². The summed E-state index contributed by atoms with van der Waals surface area (Å²) >= 11 is 7.39. The van der Waals surface area contributed by atoms with Gasteiger partial charge in [-0.1, -0.05) is 13.8 Å². The van der Waals surface area contributed by atoms with Crippen molar-refractivity contribution in [2.45, 2.75) is 20.8 Å². The van der Waals surface area contributed by atoms with Gasteiger partial charge in [0.2, 0.25) is 0 Å². The summed E-state index contributed by atoms with van der Waals surface area (Å²) in [6.07, 6.45) is 1.07. The van der Waals surface area contributed by atoms with E-state index in [1.54, 1.807) is 12.3 Å². The summed E-state index contributed by atoms with van der Waals surface area (Å²) in [5, 5.41) is 8.66. The van der Waals surface area contributed by atoms with E-state index in [0.717, 1.165) is 16.6 Å². The topological polar surface area (TPSA) is 89.0 Å². The molecular formula is C12H17I3N5O2V. The number of rotatable bonds is 2. The van der Waals surface area contributed by atoms with Crippen molar-refractivity contribution in [3.8, 4) is 0 Å². The van der Waals surface area contributed by atoms with Crippen molar-refractivity contribution in [3.05, 3.63) is 24.0 Å². The van der Waals surface area contributed by atoms with Gasteiger partial charge in [-0.2, -0.15) is 5.10 Å². The fourth-order valence-electron chi connectivity index (χ4n) is 1.36. The molecule has 0 radical (unpaired) electrons. The van der Waals surface area contributed by atoms with Crippen LogP contribution in [0.1, 0.15) is 19.5 Å². The van der Waals surface area contributed by atoms with Crippen LogP contribution in [0.2, 0.25) is 0 Å². The van der Waals surface area contributed by atoms with Crippen molar-refractivity contribution in [1.29, 1.82) is 0 Å². The van der Waals surface area contributed by atoms with Crippen LogP contribution in [-0.2, 0) is 9.66 Å². The normalized spacial score (nSPS) is 9.22. The Labute approximate surface area is 173 Å². The number of aromatic nitrogens is 3. The molecule has 23 heavy (non-hydrogen) atoms. The van der Waals surface area contributed by atoms with Gasteiger partial charge in [0.15, 0.2) is 5.82 Å². The van der Waals surface area contributed by atoms with Crippen LogP contribution in [0.3, 0.4) is 0 Å². The fraction of sp³-hybridized carbons (Fsp3) is 0.333. The van der Waals surface area contributed by atoms with E-state index in [1.807, 2.05) is 26.8 Å². The molecule has 0 aliphatic carbocycles. The van der Waals surface area contributed by atoms with Crippen molar-refractivity contribution >= 4 is 82.8 Å². The number of aryl methyl sites for hydroxylation is 1. The third kappa shape index (κ3) is 9.41. The maximum absolute atomic E-state index is 10.9. The number of hydrogen-bond donors (Lipinski definition) is 2. The number of amides is 1. The summed E-state index contributed by atoms with van der Waals surface area (Å²) in [5.41, 5.74) is 6.41. The first-order valence-electron chi connectivity index (χ1n) is 6.41. The first kappa shape index (κ1) is 23.3. The molecule has 0 saturated heterocycles. The molecule has 2 aromatic rings. The summed E-state index contributed by atoms with van der Waals surface area (Å²) in [6, 6.07) is 3.62. The molecule has 0 unspecified atom stereocenters. The van der Waals surface area contributed by atoms with Gasteiger partial charge < -0.3 is 4.74 Å². The zero-order chi connectivity index (χ0) is 17.8. The minimum atomic E-state index is -0.607. The Morgan fingerprint density at radius 2 is 1.87 bits per heavy atom. The average molecular weight is 695 g/mol. The number of pyridine rings is 1. The molecule has 0 aliphatic heterocycles. The van der Waals surface area contributed by atoms with E-state index >= 15 is 0 Å². The summed E-state index contributed by atoms with van der Waals surface area (Å²) in [7, 11) is 1.28. The predicted octanol–water partition coefficient (Wildman–Crippen LogP) is 4.70. The zero-order valence-electron chi connectivity index (χ0n) is 13.0. The van der Waals surface area contributed by atoms with E-state index < -0.39 is 6.09 Å². The number of halogens is 3. The van der Waals surface area contributed by atoms with Crippen molar-refractivity contribution in [2.24, 2.45) is 0 Å². The average Bonchev–Trinajstić information content (AvgIpc) is 2.55. The first-order chi connectivity index (χ1) is 11.0. The molecule has 2 N–H and O–H groups in total. The van der Waals surface area contributed by atoms with E-state index in [1.165, 1.54) is 7.11 Å². The van der Waals surface area contributed by atoms with Gasteiger partial charge in [0, 0.05) is 11.6 Å². The molecule has 1 amide bonds. The van der Waals surface area contributed by atoms with Crippen LogP contribution < -0.4 is 10.9 Å². The van der Waals surface area contributed by atoms with Crippen LogP contribution in [-0.4, -0.2) is 28.4 Å². The van der Waals surface area contributed by atoms with Gasteiger partial charge in [-0.15, -0.1) is 5.10 Å². The molecule has 0 aromatic carbocycles. The van der Waals surface area contributed by atoms with Crippen LogP contribution in [0, 0.1) is 6.92 Å². The monoisotopic (exact) mass is 695 g/mol. The van der Waals surface area contributed by atoms with Gasteiger partial charge in [-0.3, -0.25) is 10.4 Å². The van der Waals surface area contributed by atoms with E-state index in [0.29, 0.717) is 5.82 Å². The summed E-state index contributed by atoms with van der Waals surface area (Å²) in [5.74, 6) is 0.420. The van der Waals surface area contributed by atoms with E-state index in [2.05, 4.69) is 90.7 Å². The Balaban J connectivity index is 0.000000705. The van der Waals surface area contributed by atoms with Gasteiger partial charge in [0.05, 0.1) is 18.3 Å². The zero-order valence-corrected chi connectivity index (χ0v) is 20.8. The van der Waals surface area contributed by atoms with E-state index in [9.17, 15) is 4.79 Å². The Morgan fingerprint density at radius 3 is 2.43 bits per heavy atom. The third-order valence-electron chi connectivity index (χ3n) is 2.17. The number of carbonyl (C=O) groups excluding carboxylic acids is 1.